The quantitative estimate of drug-likeness (QED) is 0.486. The van der Waals surface area contributed by atoms with Crippen LogP contribution < -0.4 is 0 Å². The Balaban J connectivity index is 2.54. The predicted octanol–water partition coefficient (Wildman–Crippen LogP) is 2.23. The van der Waals surface area contributed by atoms with Crippen molar-refractivity contribution >= 4 is 0 Å². The van der Waals surface area contributed by atoms with Crippen LogP contribution in [0.3, 0.4) is 0 Å². The van der Waals surface area contributed by atoms with Crippen LogP contribution in [0.2, 0.25) is 0 Å². The van der Waals surface area contributed by atoms with Crippen molar-refractivity contribution in [3.05, 3.63) is 35.4 Å². The summed E-state index contributed by atoms with van der Waals surface area (Å²) in [6.07, 6.45) is 9.24. The van der Waals surface area contributed by atoms with Gasteiger partial charge in [0.15, 0.2) is 5.60 Å². The van der Waals surface area contributed by atoms with Gasteiger partial charge < -0.3 is 5.11 Å². The van der Waals surface area contributed by atoms with Crippen molar-refractivity contribution in [2.75, 3.05) is 0 Å². The summed E-state index contributed by atoms with van der Waals surface area (Å²) < 4.78 is 0. The average Bonchev–Trinajstić information content (AvgIpc) is 2.40. The minimum absolute atomic E-state index is 0.681. The molecular weight excluding hydrogens is 172 g/mol. The highest BCUT2D eigenvalue weighted by Crippen LogP contribution is 2.33. The van der Waals surface area contributed by atoms with Crippen LogP contribution in [-0.2, 0) is 12.0 Å². The number of aliphatic hydroxyl groups is 1. The first kappa shape index (κ1) is 9.30. The van der Waals surface area contributed by atoms with Gasteiger partial charge >= 0.3 is 0 Å². The standard InChI is InChI=1S/C13H14O/c1-2-13(14)10-6-5-8-11-7-3-4-9-12(11)13/h1,3-4,7,9,14H,5-6,8,10H2. The van der Waals surface area contributed by atoms with Gasteiger partial charge in [0.05, 0.1) is 0 Å². The highest BCUT2D eigenvalue weighted by atomic mass is 16.3. The second-order valence-electron chi connectivity index (χ2n) is 3.87. The summed E-state index contributed by atoms with van der Waals surface area (Å²) in [6.45, 7) is 0. The van der Waals surface area contributed by atoms with E-state index in [0.29, 0.717) is 6.42 Å². The van der Waals surface area contributed by atoms with E-state index in [-0.39, 0.29) is 0 Å². The smallest absolute Gasteiger partial charge is 0.150 e. The lowest BCUT2D eigenvalue weighted by molar-refractivity contribution is 0.0898. The van der Waals surface area contributed by atoms with E-state index in [1.54, 1.807) is 0 Å². The monoisotopic (exact) mass is 186 g/mol. The lowest BCUT2D eigenvalue weighted by Gasteiger charge is -2.22. The maximum Gasteiger partial charge on any atom is 0.150 e. The Hall–Kier alpha value is -1.26. The lowest BCUT2D eigenvalue weighted by atomic mass is 9.89. The SMILES string of the molecule is C#CC1(O)CCCCc2ccccc21. The first-order chi connectivity index (χ1) is 6.76. The zero-order chi connectivity index (χ0) is 10.0. The fourth-order valence-corrected chi connectivity index (χ4v) is 2.12. The summed E-state index contributed by atoms with van der Waals surface area (Å²) in [5, 5.41) is 10.3. The molecule has 1 aliphatic carbocycles. The molecule has 1 aromatic carbocycles. The molecule has 0 spiro atoms. The minimum atomic E-state index is -1.03. The van der Waals surface area contributed by atoms with E-state index in [9.17, 15) is 5.11 Å². The molecule has 1 aliphatic rings. The second kappa shape index (κ2) is 3.48. The second-order valence-corrected chi connectivity index (χ2v) is 3.87. The normalized spacial score (nSPS) is 26.0. The zero-order valence-corrected chi connectivity index (χ0v) is 8.16. The maximum atomic E-state index is 10.3. The Morgan fingerprint density at radius 1 is 1.29 bits per heavy atom. The third-order valence-electron chi connectivity index (χ3n) is 2.94. The van der Waals surface area contributed by atoms with Crippen LogP contribution >= 0.6 is 0 Å². The van der Waals surface area contributed by atoms with Crippen LogP contribution in [0.1, 0.15) is 30.4 Å². The van der Waals surface area contributed by atoms with Crippen molar-refractivity contribution in [1.82, 2.24) is 0 Å². The third kappa shape index (κ3) is 1.42. The minimum Gasteiger partial charge on any atom is -0.373 e. The summed E-state index contributed by atoms with van der Waals surface area (Å²) in [5.41, 5.74) is 1.10. The Bertz CT molecular complexity index is 375. The van der Waals surface area contributed by atoms with Crippen LogP contribution in [0.25, 0.3) is 0 Å². The molecule has 1 N–H and O–H groups in total. The molecule has 1 atom stereocenters. The molecular formula is C13H14O. The molecule has 0 radical (unpaired) electrons. The van der Waals surface area contributed by atoms with Gasteiger partial charge in [-0.1, -0.05) is 30.2 Å². The summed E-state index contributed by atoms with van der Waals surface area (Å²) in [7, 11) is 0. The first-order valence-corrected chi connectivity index (χ1v) is 5.05. The molecule has 0 aliphatic heterocycles. The van der Waals surface area contributed by atoms with Crippen LogP contribution in [0.15, 0.2) is 24.3 Å². The Labute approximate surface area is 84.8 Å². The Kier molecular flexibility index (Phi) is 2.31. The van der Waals surface area contributed by atoms with E-state index in [0.717, 1.165) is 24.8 Å². The van der Waals surface area contributed by atoms with E-state index in [1.165, 1.54) is 5.56 Å². The molecule has 72 valence electrons. The average molecular weight is 186 g/mol. The largest absolute Gasteiger partial charge is 0.373 e. The van der Waals surface area contributed by atoms with E-state index in [1.807, 2.05) is 18.2 Å². The van der Waals surface area contributed by atoms with Crippen molar-refractivity contribution in [3.8, 4) is 12.3 Å². The van der Waals surface area contributed by atoms with Crippen molar-refractivity contribution in [3.63, 3.8) is 0 Å². The predicted molar refractivity (Wildman–Crippen MR) is 56.7 cm³/mol. The van der Waals surface area contributed by atoms with Crippen molar-refractivity contribution in [2.45, 2.75) is 31.3 Å². The summed E-state index contributed by atoms with van der Waals surface area (Å²) in [4.78, 5) is 0. The van der Waals surface area contributed by atoms with Gasteiger partial charge in [0.2, 0.25) is 0 Å². The van der Waals surface area contributed by atoms with E-state index in [2.05, 4.69) is 12.0 Å². The van der Waals surface area contributed by atoms with Gasteiger partial charge in [-0.3, -0.25) is 0 Å². The topological polar surface area (TPSA) is 20.2 Å². The molecule has 1 nitrogen and oxygen atoms in total. The number of benzene rings is 1. The van der Waals surface area contributed by atoms with Crippen LogP contribution in [0, 0.1) is 12.3 Å². The Morgan fingerprint density at radius 2 is 2.07 bits per heavy atom. The fraction of sp³-hybridized carbons (Fsp3) is 0.385. The summed E-state index contributed by atoms with van der Waals surface area (Å²) in [6, 6.07) is 7.94. The molecule has 0 fully saturated rings. The van der Waals surface area contributed by atoms with Crippen LogP contribution in [0.5, 0.6) is 0 Å². The summed E-state index contributed by atoms with van der Waals surface area (Å²) >= 11 is 0. The number of aryl methyl sites for hydroxylation is 1. The highest BCUT2D eigenvalue weighted by molar-refractivity contribution is 5.38. The number of terminal acetylenes is 1. The van der Waals surface area contributed by atoms with E-state index >= 15 is 0 Å². The van der Waals surface area contributed by atoms with Gasteiger partial charge in [0, 0.05) is 0 Å². The maximum absolute atomic E-state index is 10.3. The molecule has 0 saturated carbocycles. The number of hydrogen-bond acceptors (Lipinski definition) is 1. The molecule has 0 aromatic heterocycles. The molecule has 0 heterocycles. The molecule has 0 amide bonds. The first-order valence-electron chi connectivity index (χ1n) is 5.05. The van der Waals surface area contributed by atoms with Gasteiger partial charge in [-0.2, -0.15) is 0 Å². The highest BCUT2D eigenvalue weighted by Gasteiger charge is 2.30. The fourth-order valence-electron chi connectivity index (χ4n) is 2.12. The van der Waals surface area contributed by atoms with Crippen LogP contribution in [0.4, 0.5) is 0 Å². The van der Waals surface area contributed by atoms with Crippen LogP contribution in [-0.4, -0.2) is 5.11 Å². The number of rotatable bonds is 0. The van der Waals surface area contributed by atoms with Gasteiger partial charge in [0.1, 0.15) is 0 Å². The lowest BCUT2D eigenvalue weighted by Crippen LogP contribution is -2.23. The van der Waals surface area contributed by atoms with Gasteiger partial charge in [-0.15, -0.1) is 6.42 Å². The molecule has 2 rings (SSSR count). The molecule has 0 saturated heterocycles. The van der Waals surface area contributed by atoms with E-state index in [4.69, 9.17) is 6.42 Å². The molecule has 0 bridgehead atoms. The van der Waals surface area contributed by atoms with Gasteiger partial charge in [-0.05, 0) is 36.8 Å². The molecule has 1 aromatic rings. The van der Waals surface area contributed by atoms with Gasteiger partial charge in [-0.25, -0.2) is 0 Å². The summed E-state index contributed by atoms with van der Waals surface area (Å²) in [5.74, 6) is 2.53. The molecule has 1 unspecified atom stereocenters. The molecule has 14 heavy (non-hydrogen) atoms. The Morgan fingerprint density at radius 3 is 2.86 bits per heavy atom. The zero-order valence-electron chi connectivity index (χ0n) is 8.16. The van der Waals surface area contributed by atoms with Gasteiger partial charge in [0.25, 0.3) is 0 Å². The molecule has 1 heteroatoms. The van der Waals surface area contributed by atoms with Crippen molar-refractivity contribution in [1.29, 1.82) is 0 Å². The van der Waals surface area contributed by atoms with E-state index < -0.39 is 5.60 Å². The number of fused-ring (bicyclic) bond motifs is 1. The van der Waals surface area contributed by atoms with Crippen molar-refractivity contribution < 1.29 is 5.11 Å². The number of hydrogen-bond donors (Lipinski definition) is 1. The van der Waals surface area contributed by atoms with Crippen molar-refractivity contribution in [2.24, 2.45) is 0 Å². The third-order valence-corrected chi connectivity index (χ3v) is 2.94.